The van der Waals surface area contributed by atoms with Gasteiger partial charge in [-0.05, 0) is 37.1 Å². The average Bonchev–Trinajstić information content (AvgIpc) is 3.23. The molecule has 1 amide bonds. The Morgan fingerprint density at radius 3 is 2.24 bits per heavy atom. The van der Waals surface area contributed by atoms with Crippen molar-refractivity contribution in [1.29, 1.82) is 0 Å². The van der Waals surface area contributed by atoms with Crippen LogP contribution in [0.1, 0.15) is 19.3 Å². The van der Waals surface area contributed by atoms with E-state index in [2.05, 4.69) is 10.0 Å². The first-order valence-corrected chi connectivity index (χ1v) is 8.14. The fourth-order valence-corrected chi connectivity index (χ4v) is 2.70. The Morgan fingerprint density at radius 1 is 1.14 bits per heavy atom. The summed E-state index contributed by atoms with van der Waals surface area (Å²) >= 11 is 0. The summed E-state index contributed by atoms with van der Waals surface area (Å²) in [7, 11) is -3.69. The number of carboxylic acids is 1. The van der Waals surface area contributed by atoms with Crippen molar-refractivity contribution in [2.24, 2.45) is 5.92 Å². The van der Waals surface area contributed by atoms with Gasteiger partial charge in [0.2, 0.25) is 15.9 Å². The lowest BCUT2D eigenvalue weighted by atomic mass is 10.2. The summed E-state index contributed by atoms with van der Waals surface area (Å²) in [5.74, 6) is -1.58. The summed E-state index contributed by atoms with van der Waals surface area (Å²) < 4.78 is 25.5. The zero-order chi connectivity index (χ0) is 15.5. The maximum atomic E-state index is 11.6. The third-order valence-corrected chi connectivity index (χ3v) is 4.25. The molecule has 1 saturated carbocycles. The molecule has 3 N–H and O–H groups in total. The van der Waals surface area contributed by atoms with Gasteiger partial charge < -0.3 is 10.4 Å². The van der Waals surface area contributed by atoms with Gasteiger partial charge in [-0.3, -0.25) is 14.3 Å². The molecule has 114 valence electrons. The molecule has 0 bridgehead atoms. The van der Waals surface area contributed by atoms with Crippen molar-refractivity contribution in [3.8, 4) is 0 Å². The van der Waals surface area contributed by atoms with Gasteiger partial charge in [-0.15, -0.1) is 0 Å². The lowest BCUT2D eigenvalue weighted by molar-refractivity contribution is -0.136. The summed E-state index contributed by atoms with van der Waals surface area (Å²) in [6, 6.07) is 6.21. The number of hydrogen-bond acceptors (Lipinski definition) is 4. The lowest BCUT2D eigenvalue weighted by Crippen LogP contribution is -2.19. The van der Waals surface area contributed by atoms with E-state index >= 15 is 0 Å². The Morgan fingerprint density at radius 2 is 1.71 bits per heavy atom. The highest BCUT2D eigenvalue weighted by atomic mass is 32.2. The molecule has 1 aromatic rings. The first-order valence-electron chi connectivity index (χ1n) is 6.49. The standard InChI is InChI=1S/C13H16N2O5S/c16-12(17)7-8-21(19,20)15-11-5-3-10(4-6-11)14-13(18)9-1-2-9/h3-6,9,15H,1-2,7-8H2,(H,14,18)(H,16,17). The third-order valence-electron chi connectivity index (χ3n) is 2.96. The van der Waals surface area contributed by atoms with Crippen LogP contribution in [0.2, 0.25) is 0 Å². The van der Waals surface area contributed by atoms with Gasteiger partial charge in [-0.25, -0.2) is 8.42 Å². The number of anilines is 2. The SMILES string of the molecule is O=C(O)CCS(=O)(=O)Nc1ccc(NC(=O)C2CC2)cc1. The molecule has 7 nitrogen and oxygen atoms in total. The molecular weight excluding hydrogens is 296 g/mol. The number of carboxylic acid groups (broad SMARTS) is 1. The van der Waals surface area contributed by atoms with E-state index < -0.39 is 28.2 Å². The van der Waals surface area contributed by atoms with Gasteiger partial charge in [0.15, 0.2) is 0 Å². The Kier molecular flexibility index (Phi) is 4.46. The Hall–Kier alpha value is -2.09. The Labute approximate surface area is 122 Å². The minimum atomic E-state index is -3.69. The number of benzene rings is 1. The molecule has 0 spiro atoms. The Bertz CT molecular complexity index is 635. The van der Waals surface area contributed by atoms with Crippen LogP contribution in [0.3, 0.4) is 0 Å². The van der Waals surface area contributed by atoms with E-state index in [4.69, 9.17) is 5.11 Å². The predicted octanol–water partition coefficient (Wildman–Crippen LogP) is 1.25. The van der Waals surface area contributed by atoms with Crippen molar-refractivity contribution < 1.29 is 23.1 Å². The Balaban J connectivity index is 1.92. The number of rotatable bonds is 7. The van der Waals surface area contributed by atoms with Crippen molar-refractivity contribution in [3.63, 3.8) is 0 Å². The molecule has 0 heterocycles. The molecule has 1 aliphatic rings. The fourth-order valence-electron chi connectivity index (χ4n) is 1.66. The number of nitrogens with one attached hydrogen (secondary N) is 2. The number of hydrogen-bond donors (Lipinski definition) is 3. The second-order valence-corrected chi connectivity index (χ2v) is 6.75. The third kappa shape index (κ3) is 5.07. The molecule has 1 aromatic carbocycles. The molecule has 0 aliphatic heterocycles. The molecule has 1 aliphatic carbocycles. The summed E-state index contributed by atoms with van der Waals surface area (Å²) in [6.07, 6.45) is 1.37. The molecule has 21 heavy (non-hydrogen) atoms. The summed E-state index contributed by atoms with van der Waals surface area (Å²) in [5.41, 5.74) is 0.921. The molecule has 0 radical (unpaired) electrons. The van der Waals surface area contributed by atoms with Gasteiger partial charge >= 0.3 is 5.97 Å². The molecule has 1 fully saturated rings. The molecule has 0 atom stereocenters. The van der Waals surface area contributed by atoms with Crippen LogP contribution in [0.4, 0.5) is 11.4 Å². The normalized spacial score (nSPS) is 14.5. The van der Waals surface area contributed by atoms with E-state index in [1.165, 1.54) is 12.1 Å². The number of carbonyl (C=O) groups is 2. The van der Waals surface area contributed by atoms with E-state index in [0.717, 1.165) is 12.8 Å². The zero-order valence-corrected chi connectivity index (χ0v) is 12.0. The van der Waals surface area contributed by atoms with Crippen LogP contribution in [0.5, 0.6) is 0 Å². The van der Waals surface area contributed by atoms with E-state index in [9.17, 15) is 18.0 Å². The zero-order valence-electron chi connectivity index (χ0n) is 11.2. The summed E-state index contributed by atoms with van der Waals surface area (Å²) in [4.78, 5) is 21.9. The van der Waals surface area contributed by atoms with Crippen molar-refractivity contribution in [2.75, 3.05) is 15.8 Å². The van der Waals surface area contributed by atoms with Crippen LogP contribution in [0.25, 0.3) is 0 Å². The minimum Gasteiger partial charge on any atom is -0.481 e. The van der Waals surface area contributed by atoms with Crippen LogP contribution in [0.15, 0.2) is 24.3 Å². The quantitative estimate of drug-likeness (QED) is 0.701. The van der Waals surface area contributed by atoms with E-state index in [1.807, 2.05) is 0 Å². The van der Waals surface area contributed by atoms with Crippen LogP contribution >= 0.6 is 0 Å². The highest BCUT2D eigenvalue weighted by molar-refractivity contribution is 7.92. The maximum Gasteiger partial charge on any atom is 0.304 e. The van der Waals surface area contributed by atoms with Gasteiger partial charge in [-0.2, -0.15) is 0 Å². The van der Waals surface area contributed by atoms with Crippen LogP contribution < -0.4 is 10.0 Å². The highest BCUT2D eigenvalue weighted by Gasteiger charge is 2.29. The van der Waals surface area contributed by atoms with Crippen LogP contribution in [-0.2, 0) is 19.6 Å². The molecule has 0 saturated heterocycles. The number of aliphatic carboxylic acids is 1. The number of carbonyl (C=O) groups excluding carboxylic acids is 1. The van der Waals surface area contributed by atoms with Gasteiger partial charge in [0.25, 0.3) is 0 Å². The summed E-state index contributed by atoms with van der Waals surface area (Å²) in [5, 5.41) is 11.2. The average molecular weight is 312 g/mol. The second-order valence-electron chi connectivity index (χ2n) is 4.91. The highest BCUT2D eigenvalue weighted by Crippen LogP contribution is 2.30. The second kappa shape index (κ2) is 6.13. The van der Waals surface area contributed by atoms with E-state index in [1.54, 1.807) is 12.1 Å². The monoisotopic (exact) mass is 312 g/mol. The predicted molar refractivity (Wildman–Crippen MR) is 77.5 cm³/mol. The van der Waals surface area contributed by atoms with E-state index in [-0.39, 0.29) is 11.8 Å². The van der Waals surface area contributed by atoms with Crippen LogP contribution in [-0.4, -0.2) is 31.2 Å². The smallest absolute Gasteiger partial charge is 0.304 e. The topological polar surface area (TPSA) is 113 Å². The number of sulfonamides is 1. The van der Waals surface area contributed by atoms with Crippen LogP contribution in [0, 0.1) is 5.92 Å². The molecular formula is C13H16N2O5S. The molecule has 0 aromatic heterocycles. The first kappa shape index (κ1) is 15.3. The van der Waals surface area contributed by atoms with Crippen molar-refractivity contribution in [1.82, 2.24) is 0 Å². The van der Waals surface area contributed by atoms with Gasteiger partial charge in [0, 0.05) is 17.3 Å². The molecule has 2 rings (SSSR count). The van der Waals surface area contributed by atoms with Gasteiger partial charge in [-0.1, -0.05) is 0 Å². The van der Waals surface area contributed by atoms with E-state index in [0.29, 0.717) is 11.4 Å². The van der Waals surface area contributed by atoms with Gasteiger partial charge in [0.05, 0.1) is 12.2 Å². The lowest BCUT2D eigenvalue weighted by Gasteiger charge is -2.08. The first-order chi connectivity index (χ1) is 9.85. The minimum absolute atomic E-state index is 0.0233. The fraction of sp³-hybridized carbons (Fsp3) is 0.385. The molecule has 0 unspecified atom stereocenters. The summed E-state index contributed by atoms with van der Waals surface area (Å²) in [6.45, 7) is 0. The maximum absolute atomic E-state index is 11.6. The van der Waals surface area contributed by atoms with Crippen molar-refractivity contribution in [2.45, 2.75) is 19.3 Å². The molecule has 8 heteroatoms. The van der Waals surface area contributed by atoms with Crippen molar-refractivity contribution in [3.05, 3.63) is 24.3 Å². The van der Waals surface area contributed by atoms with Gasteiger partial charge in [0.1, 0.15) is 0 Å². The largest absolute Gasteiger partial charge is 0.481 e. The van der Waals surface area contributed by atoms with Crippen molar-refractivity contribution >= 4 is 33.3 Å². The number of amides is 1.